The highest BCUT2D eigenvalue weighted by Gasteiger charge is 2.37. The van der Waals surface area contributed by atoms with Crippen LogP contribution < -0.4 is 5.32 Å². The van der Waals surface area contributed by atoms with Gasteiger partial charge in [-0.3, -0.25) is 0 Å². The third kappa shape index (κ3) is 5.58. The zero-order valence-corrected chi connectivity index (χ0v) is 17.2. The van der Waals surface area contributed by atoms with Gasteiger partial charge in [0.2, 0.25) is 0 Å². The number of rotatable bonds is 5. The molecule has 32 heavy (non-hydrogen) atoms. The van der Waals surface area contributed by atoms with E-state index in [1.807, 2.05) is 0 Å². The molecule has 1 unspecified atom stereocenters. The summed E-state index contributed by atoms with van der Waals surface area (Å²) in [5.74, 6) is -0.438. The van der Waals surface area contributed by atoms with E-state index in [1.54, 1.807) is 6.07 Å². The van der Waals surface area contributed by atoms with Crippen molar-refractivity contribution in [2.45, 2.75) is 31.9 Å². The summed E-state index contributed by atoms with van der Waals surface area (Å²) in [4.78, 5) is 3.98. The second-order valence-electron chi connectivity index (χ2n) is 7.08. The summed E-state index contributed by atoms with van der Waals surface area (Å²) in [6.45, 7) is 1.44. The Morgan fingerprint density at radius 3 is 2.00 bits per heavy atom. The number of hydrogen-bond acceptors (Lipinski definition) is 2. The van der Waals surface area contributed by atoms with E-state index in [-0.39, 0.29) is 23.3 Å². The molecule has 3 rings (SSSR count). The highest BCUT2D eigenvalue weighted by Crippen LogP contribution is 2.37. The van der Waals surface area contributed by atoms with Crippen LogP contribution in [0.25, 0.3) is 11.1 Å². The molecule has 2 nitrogen and oxygen atoms in total. The molecule has 3 aromatic rings. The maximum Gasteiger partial charge on any atom is 0.416 e. The topological polar surface area (TPSA) is 24.9 Å². The van der Waals surface area contributed by atoms with Gasteiger partial charge in [-0.15, -0.1) is 0 Å². The molecule has 0 spiro atoms. The lowest BCUT2D eigenvalue weighted by Crippen LogP contribution is -2.21. The Balaban J connectivity index is 1.91. The summed E-state index contributed by atoms with van der Waals surface area (Å²) < 4.78 is 92.0. The first-order chi connectivity index (χ1) is 14.9. The fraction of sp³-hybridized carbons (Fsp3) is 0.227. The van der Waals surface area contributed by atoms with E-state index in [9.17, 15) is 30.7 Å². The molecular formula is C22H16ClF7N2. The minimum atomic E-state index is -4.93. The fourth-order valence-electron chi connectivity index (χ4n) is 3.14. The lowest BCUT2D eigenvalue weighted by atomic mass is 9.99. The molecule has 1 aromatic heterocycles. The van der Waals surface area contributed by atoms with Gasteiger partial charge in [-0.1, -0.05) is 23.7 Å². The quantitative estimate of drug-likeness (QED) is 0.306. The Kier molecular flexibility index (Phi) is 6.80. The second-order valence-corrected chi connectivity index (χ2v) is 7.43. The van der Waals surface area contributed by atoms with Gasteiger partial charge >= 0.3 is 12.4 Å². The molecule has 0 aliphatic rings. The number of hydrogen-bond donors (Lipinski definition) is 1. The Morgan fingerprint density at radius 1 is 0.906 bits per heavy atom. The summed E-state index contributed by atoms with van der Waals surface area (Å²) >= 11 is 6.19. The molecule has 0 saturated carbocycles. The average Bonchev–Trinajstić information content (AvgIpc) is 2.71. The number of benzene rings is 2. The van der Waals surface area contributed by atoms with Gasteiger partial charge < -0.3 is 5.32 Å². The van der Waals surface area contributed by atoms with Crippen LogP contribution in [0.2, 0.25) is 5.15 Å². The summed E-state index contributed by atoms with van der Waals surface area (Å²) in [7, 11) is 0. The molecule has 170 valence electrons. The maximum atomic E-state index is 13.2. The predicted molar refractivity (Wildman–Crippen MR) is 106 cm³/mol. The SMILES string of the molecule is CC(NCc1c(-c2ccc(F)cc2)ccnc1Cl)c1cc(C(F)(F)F)cc(C(F)(F)F)c1. The van der Waals surface area contributed by atoms with Crippen LogP contribution in [0, 0.1) is 5.82 Å². The van der Waals surface area contributed by atoms with Crippen molar-refractivity contribution in [3.63, 3.8) is 0 Å². The van der Waals surface area contributed by atoms with Crippen LogP contribution in [0.4, 0.5) is 30.7 Å². The maximum absolute atomic E-state index is 13.2. The summed E-state index contributed by atoms with van der Waals surface area (Å²) in [5, 5.41) is 3.00. The van der Waals surface area contributed by atoms with E-state index in [0.717, 1.165) is 0 Å². The molecular weight excluding hydrogens is 461 g/mol. The number of aromatic nitrogens is 1. The van der Waals surface area contributed by atoms with Gasteiger partial charge in [0.1, 0.15) is 11.0 Å². The largest absolute Gasteiger partial charge is 0.416 e. The van der Waals surface area contributed by atoms with E-state index in [4.69, 9.17) is 11.6 Å². The number of nitrogens with one attached hydrogen (secondary N) is 1. The van der Waals surface area contributed by atoms with E-state index in [0.29, 0.717) is 28.8 Å². The van der Waals surface area contributed by atoms with Gasteiger partial charge in [0.25, 0.3) is 0 Å². The predicted octanol–water partition coefficient (Wildman–Crippen LogP) is 7.43. The molecule has 0 amide bonds. The zero-order chi connectivity index (χ0) is 23.7. The summed E-state index contributed by atoms with van der Waals surface area (Å²) in [5.41, 5.74) is -1.26. The molecule has 0 aliphatic heterocycles. The van der Waals surface area contributed by atoms with Crippen molar-refractivity contribution in [2.75, 3.05) is 0 Å². The van der Waals surface area contributed by atoms with Crippen LogP contribution in [-0.4, -0.2) is 4.98 Å². The van der Waals surface area contributed by atoms with E-state index in [1.165, 1.54) is 37.4 Å². The van der Waals surface area contributed by atoms with Crippen LogP contribution in [0.15, 0.2) is 54.7 Å². The van der Waals surface area contributed by atoms with Gasteiger partial charge in [-0.25, -0.2) is 9.37 Å². The Morgan fingerprint density at radius 2 is 1.47 bits per heavy atom. The van der Waals surface area contributed by atoms with Gasteiger partial charge in [-0.05, 0) is 60.0 Å². The van der Waals surface area contributed by atoms with Crippen LogP contribution in [0.5, 0.6) is 0 Å². The van der Waals surface area contributed by atoms with Gasteiger partial charge in [-0.2, -0.15) is 26.3 Å². The van der Waals surface area contributed by atoms with Crippen molar-refractivity contribution in [2.24, 2.45) is 0 Å². The normalized spacial score (nSPS) is 13.3. The third-order valence-corrected chi connectivity index (χ3v) is 5.18. The third-order valence-electron chi connectivity index (χ3n) is 4.85. The van der Waals surface area contributed by atoms with Crippen LogP contribution in [-0.2, 0) is 18.9 Å². The molecule has 0 bridgehead atoms. The fourth-order valence-corrected chi connectivity index (χ4v) is 3.36. The number of halogens is 8. The minimum Gasteiger partial charge on any atom is -0.306 e. The van der Waals surface area contributed by atoms with Crippen LogP contribution in [0.1, 0.15) is 35.2 Å². The second kappa shape index (κ2) is 9.07. The zero-order valence-electron chi connectivity index (χ0n) is 16.5. The van der Waals surface area contributed by atoms with E-state index >= 15 is 0 Å². The molecule has 0 saturated heterocycles. The Hall–Kier alpha value is -2.65. The summed E-state index contributed by atoms with van der Waals surface area (Å²) in [6, 6.07) is 7.75. The van der Waals surface area contributed by atoms with E-state index < -0.39 is 35.3 Å². The molecule has 0 fully saturated rings. The van der Waals surface area contributed by atoms with Crippen molar-refractivity contribution in [1.82, 2.24) is 10.3 Å². The molecule has 0 radical (unpaired) electrons. The lowest BCUT2D eigenvalue weighted by Gasteiger charge is -2.20. The van der Waals surface area contributed by atoms with Crippen LogP contribution in [0.3, 0.4) is 0 Å². The number of nitrogens with zero attached hydrogens (tertiary/aromatic N) is 1. The first-order valence-corrected chi connectivity index (χ1v) is 9.66. The smallest absolute Gasteiger partial charge is 0.306 e. The minimum absolute atomic E-state index is 0.00184. The molecule has 10 heteroatoms. The molecule has 1 N–H and O–H groups in total. The Bertz CT molecular complexity index is 1060. The first-order valence-electron chi connectivity index (χ1n) is 9.28. The highest BCUT2D eigenvalue weighted by molar-refractivity contribution is 6.30. The monoisotopic (exact) mass is 476 g/mol. The van der Waals surface area contributed by atoms with Crippen molar-refractivity contribution in [3.8, 4) is 11.1 Å². The molecule has 0 aliphatic carbocycles. The summed E-state index contributed by atoms with van der Waals surface area (Å²) in [6.07, 6.45) is -8.42. The van der Waals surface area contributed by atoms with E-state index in [2.05, 4.69) is 10.3 Å². The number of alkyl halides is 6. The van der Waals surface area contributed by atoms with Crippen molar-refractivity contribution < 1.29 is 30.7 Å². The molecule has 1 heterocycles. The molecule has 2 aromatic carbocycles. The highest BCUT2D eigenvalue weighted by atomic mass is 35.5. The average molecular weight is 477 g/mol. The molecule has 1 atom stereocenters. The van der Waals surface area contributed by atoms with Crippen LogP contribution >= 0.6 is 11.6 Å². The standard InChI is InChI=1S/C22H16ClF7N2/c1-12(14-8-15(21(25,26)27)10-16(9-14)22(28,29)30)32-11-19-18(6-7-31-20(19)23)13-2-4-17(24)5-3-13/h2-10,12,32H,11H2,1H3. The Labute approximate surface area is 184 Å². The van der Waals surface area contributed by atoms with Crippen molar-refractivity contribution in [3.05, 3.63) is 88.0 Å². The first kappa shape index (κ1) is 24.0. The van der Waals surface area contributed by atoms with Gasteiger partial charge in [0.05, 0.1) is 11.1 Å². The van der Waals surface area contributed by atoms with Crippen molar-refractivity contribution >= 4 is 11.6 Å². The number of pyridine rings is 1. The van der Waals surface area contributed by atoms with Gasteiger partial charge in [0, 0.05) is 24.3 Å². The van der Waals surface area contributed by atoms with Crippen molar-refractivity contribution in [1.29, 1.82) is 0 Å². The van der Waals surface area contributed by atoms with Gasteiger partial charge in [0.15, 0.2) is 0 Å². The lowest BCUT2D eigenvalue weighted by molar-refractivity contribution is -0.143.